The zero-order chi connectivity index (χ0) is 27.4. The summed E-state index contributed by atoms with van der Waals surface area (Å²) in [4.78, 5) is 28.5. The lowest BCUT2D eigenvalue weighted by atomic mass is 10.1. The van der Waals surface area contributed by atoms with Gasteiger partial charge in [0.1, 0.15) is 12.4 Å². The minimum atomic E-state index is -0.447. The summed E-state index contributed by atoms with van der Waals surface area (Å²) in [5.74, 6) is 1.53. The van der Waals surface area contributed by atoms with E-state index in [9.17, 15) is 14.9 Å². The van der Waals surface area contributed by atoms with E-state index in [1.807, 2.05) is 26.0 Å². The molecule has 0 saturated carbocycles. The van der Waals surface area contributed by atoms with E-state index in [-0.39, 0.29) is 23.8 Å². The van der Waals surface area contributed by atoms with E-state index in [2.05, 4.69) is 37.0 Å². The van der Waals surface area contributed by atoms with Crippen LogP contribution in [0.15, 0.2) is 73.4 Å². The quantitative estimate of drug-likeness (QED) is 0.113. The highest BCUT2D eigenvalue weighted by molar-refractivity contribution is 9.10. The second-order valence-electron chi connectivity index (χ2n) is 8.55. The van der Waals surface area contributed by atoms with Crippen LogP contribution in [0.4, 0.5) is 5.69 Å². The van der Waals surface area contributed by atoms with Crippen molar-refractivity contribution < 1.29 is 14.4 Å². The van der Waals surface area contributed by atoms with E-state index < -0.39 is 4.92 Å². The SMILES string of the molecule is CC[C@@H](C)c1nc2ccc(Br)cc2c(=O)n1N=Cc1cc(Br)c(OCc2ccc([N+](=O)[O-])cc2)c(OC)c1. The van der Waals surface area contributed by atoms with Crippen LogP contribution in [0.3, 0.4) is 0 Å². The number of methoxy groups -OCH3 is 1. The number of hydrogen-bond acceptors (Lipinski definition) is 7. The minimum absolute atomic E-state index is 0.0148. The lowest BCUT2D eigenvalue weighted by molar-refractivity contribution is -0.384. The van der Waals surface area contributed by atoms with Crippen LogP contribution in [0.25, 0.3) is 10.9 Å². The summed E-state index contributed by atoms with van der Waals surface area (Å²) in [6, 6.07) is 15.1. The normalized spacial score (nSPS) is 12.1. The number of ether oxygens (including phenoxy) is 2. The number of fused-ring (bicyclic) bond motifs is 1. The predicted octanol–water partition coefficient (Wildman–Crippen LogP) is 6.81. The molecule has 0 bridgehead atoms. The van der Waals surface area contributed by atoms with Gasteiger partial charge in [-0.15, -0.1) is 0 Å². The number of non-ortho nitro benzene ring substituents is 1. The van der Waals surface area contributed by atoms with Crippen LogP contribution in [-0.2, 0) is 6.61 Å². The van der Waals surface area contributed by atoms with Gasteiger partial charge in [-0.25, -0.2) is 4.98 Å². The molecule has 11 heteroatoms. The van der Waals surface area contributed by atoms with Crippen molar-refractivity contribution in [3.8, 4) is 11.5 Å². The molecule has 9 nitrogen and oxygen atoms in total. The Balaban J connectivity index is 1.65. The molecule has 3 aromatic carbocycles. The molecule has 38 heavy (non-hydrogen) atoms. The smallest absolute Gasteiger partial charge is 0.282 e. The Kier molecular flexibility index (Phi) is 8.58. The Morgan fingerprint density at radius 1 is 1.16 bits per heavy atom. The molecule has 0 radical (unpaired) electrons. The molecule has 1 atom stereocenters. The molecular weight excluding hydrogens is 620 g/mol. The predicted molar refractivity (Wildman–Crippen MR) is 154 cm³/mol. The first-order chi connectivity index (χ1) is 18.2. The average Bonchev–Trinajstić information content (AvgIpc) is 2.91. The molecule has 1 aromatic heterocycles. The summed E-state index contributed by atoms with van der Waals surface area (Å²) in [6.45, 7) is 4.23. The minimum Gasteiger partial charge on any atom is -0.493 e. The molecule has 0 unspecified atom stereocenters. The fourth-order valence-electron chi connectivity index (χ4n) is 3.73. The van der Waals surface area contributed by atoms with Crippen molar-refractivity contribution in [2.24, 2.45) is 5.10 Å². The van der Waals surface area contributed by atoms with E-state index >= 15 is 0 Å². The van der Waals surface area contributed by atoms with Gasteiger partial charge in [0.2, 0.25) is 0 Å². The highest BCUT2D eigenvalue weighted by Gasteiger charge is 2.16. The maximum absolute atomic E-state index is 13.4. The van der Waals surface area contributed by atoms with Crippen molar-refractivity contribution in [1.82, 2.24) is 9.66 Å². The molecule has 4 rings (SSSR count). The Morgan fingerprint density at radius 3 is 2.55 bits per heavy atom. The van der Waals surface area contributed by atoms with E-state index in [0.717, 1.165) is 16.5 Å². The van der Waals surface area contributed by atoms with E-state index in [0.29, 0.717) is 38.3 Å². The fourth-order valence-corrected chi connectivity index (χ4v) is 4.66. The maximum Gasteiger partial charge on any atom is 0.282 e. The summed E-state index contributed by atoms with van der Waals surface area (Å²) < 4.78 is 14.2. The van der Waals surface area contributed by atoms with Gasteiger partial charge in [0.15, 0.2) is 11.5 Å². The first kappa shape index (κ1) is 27.5. The molecule has 1 heterocycles. The van der Waals surface area contributed by atoms with Gasteiger partial charge in [-0.2, -0.15) is 9.78 Å². The van der Waals surface area contributed by atoms with Gasteiger partial charge in [0.05, 0.1) is 33.6 Å². The first-order valence-corrected chi connectivity index (χ1v) is 13.3. The molecular formula is C27H24Br2N4O5. The number of aromatic nitrogens is 2. The number of hydrogen-bond donors (Lipinski definition) is 0. The van der Waals surface area contributed by atoms with E-state index in [4.69, 9.17) is 14.5 Å². The molecule has 196 valence electrons. The summed E-state index contributed by atoms with van der Waals surface area (Å²) in [7, 11) is 1.53. The fraction of sp³-hybridized carbons (Fsp3) is 0.222. The zero-order valence-electron chi connectivity index (χ0n) is 20.9. The van der Waals surface area contributed by atoms with Crippen LogP contribution in [-0.4, -0.2) is 27.9 Å². The molecule has 0 N–H and O–H groups in total. The molecule has 0 fully saturated rings. The van der Waals surface area contributed by atoms with Crippen molar-refractivity contribution in [3.63, 3.8) is 0 Å². The molecule has 0 saturated heterocycles. The van der Waals surface area contributed by atoms with Crippen molar-refractivity contribution in [3.05, 3.63) is 101 Å². The van der Waals surface area contributed by atoms with Crippen molar-refractivity contribution in [1.29, 1.82) is 0 Å². The molecule has 0 aliphatic rings. The first-order valence-electron chi connectivity index (χ1n) is 11.7. The molecule has 0 aliphatic heterocycles. The number of nitro benzene ring substituents is 1. The van der Waals surface area contributed by atoms with Gasteiger partial charge in [0.25, 0.3) is 11.2 Å². The standard InChI is InChI=1S/C27H24Br2N4O5/c1-4-16(2)26-31-23-10-7-19(28)13-21(23)27(34)32(26)30-14-18-11-22(29)25(24(12-18)37-3)38-15-17-5-8-20(9-6-17)33(35)36/h5-14,16H,4,15H2,1-3H3/t16-/m1/s1. The average molecular weight is 644 g/mol. The van der Waals surface area contributed by atoms with Gasteiger partial charge in [-0.1, -0.05) is 29.8 Å². The van der Waals surface area contributed by atoms with Crippen molar-refractivity contribution in [2.75, 3.05) is 7.11 Å². The summed E-state index contributed by atoms with van der Waals surface area (Å²) >= 11 is 6.95. The molecule has 0 amide bonds. The third-order valence-electron chi connectivity index (χ3n) is 5.99. The number of nitro groups is 1. The maximum atomic E-state index is 13.4. The van der Waals surface area contributed by atoms with Gasteiger partial charge < -0.3 is 9.47 Å². The molecule has 0 aliphatic carbocycles. The second kappa shape index (κ2) is 11.9. The number of nitrogens with zero attached hydrogens (tertiary/aromatic N) is 4. The Morgan fingerprint density at radius 2 is 1.89 bits per heavy atom. The van der Waals surface area contributed by atoms with Crippen LogP contribution >= 0.6 is 31.9 Å². The monoisotopic (exact) mass is 642 g/mol. The number of rotatable bonds is 9. The van der Waals surface area contributed by atoms with Gasteiger partial charge in [-0.3, -0.25) is 14.9 Å². The van der Waals surface area contributed by atoms with Gasteiger partial charge >= 0.3 is 0 Å². The Bertz CT molecular complexity index is 1590. The Hall–Kier alpha value is -3.57. The van der Waals surface area contributed by atoms with Gasteiger partial charge in [-0.05, 0) is 75.9 Å². The van der Waals surface area contributed by atoms with Crippen LogP contribution in [0.5, 0.6) is 11.5 Å². The largest absolute Gasteiger partial charge is 0.493 e. The summed E-state index contributed by atoms with van der Waals surface area (Å²) in [5, 5.41) is 15.9. The third-order valence-corrected chi connectivity index (χ3v) is 7.07. The second-order valence-corrected chi connectivity index (χ2v) is 10.3. The lowest BCUT2D eigenvalue weighted by Gasteiger charge is -2.15. The highest BCUT2D eigenvalue weighted by Crippen LogP contribution is 2.37. The van der Waals surface area contributed by atoms with Crippen LogP contribution in [0, 0.1) is 10.1 Å². The number of benzene rings is 3. The van der Waals surface area contributed by atoms with Gasteiger partial charge in [0, 0.05) is 22.5 Å². The zero-order valence-corrected chi connectivity index (χ0v) is 24.0. The summed E-state index contributed by atoms with van der Waals surface area (Å²) in [6.07, 6.45) is 2.37. The topological polar surface area (TPSA) is 109 Å². The van der Waals surface area contributed by atoms with Crippen molar-refractivity contribution in [2.45, 2.75) is 32.8 Å². The van der Waals surface area contributed by atoms with Crippen LogP contribution < -0.4 is 15.0 Å². The van der Waals surface area contributed by atoms with Crippen molar-refractivity contribution >= 4 is 54.7 Å². The van der Waals surface area contributed by atoms with Crippen LogP contribution in [0.2, 0.25) is 0 Å². The van der Waals surface area contributed by atoms with Crippen LogP contribution in [0.1, 0.15) is 43.1 Å². The molecule has 0 spiro atoms. The van der Waals surface area contributed by atoms with E-state index in [1.54, 1.807) is 36.5 Å². The van der Waals surface area contributed by atoms with E-state index in [1.165, 1.54) is 23.9 Å². The highest BCUT2D eigenvalue weighted by atomic mass is 79.9. The molecule has 4 aromatic rings. The lowest BCUT2D eigenvalue weighted by Crippen LogP contribution is -2.23. The number of halogens is 2. The summed E-state index contributed by atoms with van der Waals surface area (Å²) in [5.41, 5.74) is 1.83. The Labute approximate surface area is 235 Å². The third kappa shape index (κ3) is 5.94.